The summed E-state index contributed by atoms with van der Waals surface area (Å²) in [5, 5.41) is 3.37. The maximum Gasteiger partial charge on any atom is 0.146 e. The van der Waals surface area contributed by atoms with E-state index in [-0.39, 0.29) is 17.0 Å². The highest BCUT2D eigenvalue weighted by Gasteiger charge is 2.11. The fourth-order valence-corrected chi connectivity index (χ4v) is 2.31. The van der Waals surface area contributed by atoms with E-state index in [1.165, 1.54) is 6.07 Å². The van der Waals surface area contributed by atoms with Crippen molar-refractivity contribution in [1.82, 2.24) is 5.32 Å². The third-order valence-electron chi connectivity index (χ3n) is 3.27. The van der Waals surface area contributed by atoms with Gasteiger partial charge in [0.05, 0.1) is 5.69 Å². The molecule has 0 atom stereocenters. The number of benzene rings is 2. The van der Waals surface area contributed by atoms with Crippen molar-refractivity contribution in [2.24, 2.45) is 0 Å². The molecule has 0 aromatic heterocycles. The first-order chi connectivity index (χ1) is 10.2. The highest BCUT2D eigenvalue weighted by molar-refractivity contribution is 5.63. The molecule has 0 fully saturated rings. The van der Waals surface area contributed by atoms with E-state index in [0.29, 0.717) is 6.42 Å². The Morgan fingerprint density at radius 1 is 1.14 bits per heavy atom. The Balaban J connectivity index is 2.17. The van der Waals surface area contributed by atoms with Gasteiger partial charge in [-0.25, -0.2) is 4.39 Å². The SMILES string of the molecule is C=C(NC(C)(C)C)c1cccc(Cc2ccc(N)c(F)c2)c1. The van der Waals surface area contributed by atoms with Gasteiger partial charge in [0, 0.05) is 11.2 Å². The van der Waals surface area contributed by atoms with Crippen LogP contribution >= 0.6 is 0 Å². The van der Waals surface area contributed by atoms with Crippen LogP contribution in [0.2, 0.25) is 0 Å². The minimum atomic E-state index is -0.368. The number of halogens is 1. The average Bonchev–Trinajstić information content (AvgIpc) is 2.41. The molecule has 3 N–H and O–H groups in total. The molecule has 0 saturated carbocycles. The Bertz CT molecular complexity index is 684. The minimum absolute atomic E-state index is 0.0346. The highest BCUT2D eigenvalue weighted by atomic mass is 19.1. The molecular weight excluding hydrogens is 275 g/mol. The van der Waals surface area contributed by atoms with Crippen LogP contribution in [-0.2, 0) is 6.42 Å². The number of nitrogen functional groups attached to an aromatic ring is 1. The van der Waals surface area contributed by atoms with Crippen molar-refractivity contribution >= 4 is 11.4 Å². The zero-order valence-corrected chi connectivity index (χ0v) is 13.4. The second-order valence-electron chi connectivity index (χ2n) is 6.59. The van der Waals surface area contributed by atoms with Crippen molar-refractivity contribution in [3.05, 3.63) is 71.6 Å². The van der Waals surface area contributed by atoms with Gasteiger partial charge in [-0.15, -0.1) is 0 Å². The molecule has 2 aromatic rings. The van der Waals surface area contributed by atoms with Crippen LogP contribution in [-0.4, -0.2) is 5.54 Å². The molecule has 0 heterocycles. The van der Waals surface area contributed by atoms with Crippen LogP contribution in [0.3, 0.4) is 0 Å². The Morgan fingerprint density at radius 3 is 2.45 bits per heavy atom. The van der Waals surface area contributed by atoms with E-state index < -0.39 is 0 Å². The molecule has 0 aliphatic rings. The number of hydrogen-bond acceptors (Lipinski definition) is 2. The lowest BCUT2D eigenvalue weighted by molar-refractivity contribution is 0.502. The maximum atomic E-state index is 13.5. The first kappa shape index (κ1) is 16.1. The largest absolute Gasteiger partial charge is 0.396 e. The Hall–Kier alpha value is -2.29. The van der Waals surface area contributed by atoms with E-state index in [9.17, 15) is 4.39 Å². The molecule has 0 aliphatic carbocycles. The van der Waals surface area contributed by atoms with Gasteiger partial charge in [-0.05, 0) is 62.1 Å². The lowest BCUT2D eigenvalue weighted by Crippen LogP contribution is -2.33. The molecule has 0 radical (unpaired) electrons. The van der Waals surface area contributed by atoms with E-state index in [0.717, 1.165) is 22.4 Å². The van der Waals surface area contributed by atoms with Crippen molar-refractivity contribution < 1.29 is 4.39 Å². The monoisotopic (exact) mass is 298 g/mol. The first-order valence-corrected chi connectivity index (χ1v) is 7.35. The number of nitrogens with one attached hydrogen (secondary N) is 1. The summed E-state index contributed by atoms with van der Waals surface area (Å²) in [5.41, 5.74) is 9.60. The van der Waals surface area contributed by atoms with Crippen LogP contribution in [0.15, 0.2) is 49.0 Å². The van der Waals surface area contributed by atoms with E-state index in [1.807, 2.05) is 24.3 Å². The smallest absolute Gasteiger partial charge is 0.146 e. The van der Waals surface area contributed by atoms with Gasteiger partial charge >= 0.3 is 0 Å². The third kappa shape index (κ3) is 4.35. The minimum Gasteiger partial charge on any atom is -0.396 e. The van der Waals surface area contributed by atoms with Crippen LogP contribution in [0.25, 0.3) is 5.70 Å². The molecule has 116 valence electrons. The van der Waals surface area contributed by atoms with Crippen LogP contribution in [0.5, 0.6) is 0 Å². The van der Waals surface area contributed by atoms with Gasteiger partial charge in [-0.3, -0.25) is 0 Å². The van der Waals surface area contributed by atoms with Gasteiger partial charge in [0.2, 0.25) is 0 Å². The van der Waals surface area contributed by atoms with E-state index in [1.54, 1.807) is 6.07 Å². The van der Waals surface area contributed by atoms with Crippen molar-refractivity contribution in [2.75, 3.05) is 5.73 Å². The third-order valence-corrected chi connectivity index (χ3v) is 3.27. The fraction of sp³-hybridized carbons (Fsp3) is 0.263. The number of hydrogen-bond donors (Lipinski definition) is 2. The predicted octanol–water partition coefficient (Wildman–Crippen LogP) is 4.36. The summed E-state index contributed by atoms with van der Waals surface area (Å²) in [4.78, 5) is 0. The van der Waals surface area contributed by atoms with Crippen LogP contribution in [0, 0.1) is 5.82 Å². The van der Waals surface area contributed by atoms with Gasteiger partial charge in [-0.1, -0.05) is 30.8 Å². The molecule has 0 bridgehead atoms. The summed E-state index contributed by atoms with van der Waals surface area (Å²) in [6.45, 7) is 10.4. The summed E-state index contributed by atoms with van der Waals surface area (Å²) >= 11 is 0. The second-order valence-corrected chi connectivity index (χ2v) is 6.59. The van der Waals surface area contributed by atoms with E-state index in [4.69, 9.17) is 5.73 Å². The topological polar surface area (TPSA) is 38.0 Å². The Labute approximate surface area is 131 Å². The Morgan fingerprint density at radius 2 is 1.82 bits per heavy atom. The zero-order valence-electron chi connectivity index (χ0n) is 13.4. The van der Waals surface area contributed by atoms with Gasteiger partial charge in [0.25, 0.3) is 0 Å². The highest BCUT2D eigenvalue weighted by Crippen LogP contribution is 2.19. The van der Waals surface area contributed by atoms with Crippen molar-refractivity contribution in [3.8, 4) is 0 Å². The average molecular weight is 298 g/mol. The standard InChI is InChI=1S/C19H23FN2/c1-13(22-19(2,3)4)16-7-5-6-14(11-16)10-15-8-9-18(21)17(20)12-15/h5-9,11-12,22H,1,10,21H2,2-4H3. The van der Waals surface area contributed by atoms with Crippen LogP contribution < -0.4 is 11.1 Å². The van der Waals surface area contributed by atoms with Crippen molar-refractivity contribution in [3.63, 3.8) is 0 Å². The summed E-state index contributed by atoms with van der Waals surface area (Å²) in [6, 6.07) is 13.1. The Kier molecular flexibility index (Phi) is 4.55. The maximum absolute atomic E-state index is 13.5. The lowest BCUT2D eigenvalue weighted by Gasteiger charge is -2.24. The molecule has 2 rings (SSSR count). The van der Waals surface area contributed by atoms with Crippen LogP contribution in [0.1, 0.15) is 37.5 Å². The zero-order chi connectivity index (χ0) is 16.3. The quantitative estimate of drug-likeness (QED) is 0.823. The molecule has 0 aliphatic heterocycles. The van der Waals surface area contributed by atoms with Crippen molar-refractivity contribution in [2.45, 2.75) is 32.7 Å². The molecule has 2 nitrogen and oxygen atoms in total. The number of rotatable bonds is 4. The molecule has 22 heavy (non-hydrogen) atoms. The molecule has 0 amide bonds. The lowest BCUT2D eigenvalue weighted by atomic mass is 10.0. The van der Waals surface area contributed by atoms with E-state index in [2.05, 4.69) is 38.7 Å². The summed E-state index contributed by atoms with van der Waals surface area (Å²) in [5.74, 6) is -0.368. The van der Waals surface area contributed by atoms with Crippen molar-refractivity contribution in [1.29, 1.82) is 0 Å². The molecular formula is C19H23FN2. The number of nitrogens with two attached hydrogens (primary N) is 1. The fourth-order valence-electron chi connectivity index (χ4n) is 2.31. The van der Waals surface area contributed by atoms with E-state index >= 15 is 0 Å². The molecule has 0 saturated heterocycles. The summed E-state index contributed by atoms with van der Waals surface area (Å²) in [7, 11) is 0. The summed E-state index contributed by atoms with van der Waals surface area (Å²) < 4.78 is 13.5. The second kappa shape index (κ2) is 6.22. The van der Waals surface area contributed by atoms with Gasteiger partial charge in [-0.2, -0.15) is 0 Å². The van der Waals surface area contributed by atoms with Gasteiger partial charge < -0.3 is 11.1 Å². The molecule has 2 aromatic carbocycles. The normalized spacial score (nSPS) is 11.3. The first-order valence-electron chi connectivity index (χ1n) is 7.35. The van der Waals surface area contributed by atoms with Crippen LogP contribution in [0.4, 0.5) is 10.1 Å². The number of anilines is 1. The van der Waals surface area contributed by atoms with Gasteiger partial charge in [0.1, 0.15) is 5.82 Å². The predicted molar refractivity (Wildman–Crippen MR) is 92.0 cm³/mol. The molecule has 3 heteroatoms. The summed E-state index contributed by atoms with van der Waals surface area (Å²) in [6.07, 6.45) is 0.661. The van der Waals surface area contributed by atoms with Gasteiger partial charge in [0.15, 0.2) is 0 Å². The molecule has 0 unspecified atom stereocenters. The molecule has 0 spiro atoms.